The molecule has 0 amide bonds. The summed E-state index contributed by atoms with van der Waals surface area (Å²) in [5.41, 5.74) is 17.3. The molecular formula is C31H24. The van der Waals surface area contributed by atoms with Gasteiger partial charge in [0.15, 0.2) is 0 Å². The third-order valence-electron chi connectivity index (χ3n) is 7.75. The van der Waals surface area contributed by atoms with Gasteiger partial charge in [-0.1, -0.05) is 86.6 Å². The van der Waals surface area contributed by atoms with Gasteiger partial charge in [-0.3, -0.25) is 0 Å². The van der Waals surface area contributed by atoms with Crippen LogP contribution in [0.2, 0.25) is 0 Å². The van der Waals surface area contributed by atoms with Crippen molar-refractivity contribution < 1.29 is 0 Å². The van der Waals surface area contributed by atoms with Crippen LogP contribution in [0, 0.1) is 0 Å². The van der Waals surface area contributed by atoms with Crippen molar-refractivity contribution in [1.82, 2.24) is 0 Å². The van der Waals surface area contributed by atoms with E-state index in [1.165, 1.54) is 66.8 Å². The minimum atomic E-state index is 0.00301. The number of hydrogen-bond donors (Lipinski definition) is 0. The molecule has 0 atom stereocenters. The van der Waals surface area contributed by atoms with Gasteiger partial charge in [0, 0.05) is 5.41 Å². The fourth-order valence-electron chi connectivity index (χ4n) is 6.17. The first-order valence-corrected chi connectivity index (χ1v) is 11.3. The molecule has 0 aliphatic heterocycles. The molecule has 0 nitrogen and oxygen atoms in total. The Balaban J connectivity index is 1.40. The molecule has 0 fully saturated rings. The zero-order chi connectivity index (χ0) is 20.7. The quantitative estimate of drug-likeness (QED) is 0.268. The maximum Gasteiger partial charge on any atom is 0.0158 e. The summed E-state index contributed by atoms with van der Waals surface area (Å²) >= 11 is 0. The summed E-state index contributed by atoms with van der Waals surface area (Å²) in [4.78, 5) is 0. The van der Waals surface area contributed by atoms with Crippen molar-refractivity contribution in [3.05, 3.63) is 118 Å². The van der Waals surface area contributed by atoms with Crippen LogP contribution in [0.25, 0.3) is 33.9 Å². The lowest BCUT2D eigenvalue weighted by Gasteiger charge is -2.27. The highest BCUT2D eigenvalue weighted by atomic mass is 14.4. The van der Waals surface area contributed by atoms with Crippen molar-refractivity contribution >= 4 is 11.6 Å². The molecule has 31 heavy (non-hydrogen) atoms. The van der Waals surface area contributed by atoms with Crippen molar-refractivity contribution in [2.75, 3.05) is 0 Å². The van der Waals surface area contributed by atoms with Crippen LogP contribution in [0.5, 0.6) is 0 Å². The van der Waals surface area contributed by atoms with E-state index in [4.69, 9.17) is 0 Å². The molecule has 0 heteroatoms. The highest BCUT2D eigenvalue weighted by Crippen LogP contribution is 2.52. The van der Waals surface area contributed by atoms with Gasteiger partial charge in [0.1, 0.15) is 0 Å². The molecule has 4 aromatic carbocycles. The normalized spacial score (nSPS) is 16.3. The van der Waals surface area contributed by atoms with Crippen molar-refractivity contribution in [3.8, 4) is 22.3 Å². The average molecular weight is 397 g/mol. The molecule has 0 saturated heterocycles. The molecule has 0 N–H and O–H groups in total. The molecule has 0 unspecified atom stereocenters. The van der Waals surface area contributed by atoms with Gasteiger partial charge in [-0.25, -0.2) is 0 Å². The first-order chi connectivity index (χ1) is 15.1. The van der Waals surface area contributed by atoms with E-state index in [2.05, 4.69) is 98.8 Å². The standard InChI is InChI=1S/C31H24/c1-31(2)29-17-21-14-19-8-3-6-11-24(19)27(21)16-22(29)18-30(31)26-13-7-12-25-23-10-5-4-9-20(23)15-28(25)26/h3-13,16-18H,14-15H2,1-2H3. The number of hydrogen-bond acceptors (Lipinski definition) is 0. The molecule has 0 radical (unpaired) electrons. The molecule has 0 bridgehead atoms. The number of allylic oxidation sites excluding steroid dienone is 1. The van der Waals surface area contributed by atoms with Gasteiger partial charge in [-0.15, -0.1) is 0 Å². The zero-order valence-corrected chi connectivity index (χ0v) is 18.0. The Labute approximate surface area is 183 Å². The van der Waals surface area contributed by atoms with E-state index in [1.54, 1.807) is 0 Å². The van der Waals surface area contributed by atoms with Crippen molar-refractivity contribution in [2.45, 2.75) is 32.1 Å². The fourth-order valence-corrected chi connectivity index (χ4v) is 6.17. The monoisotopic (exact) mass is 396 g/mol. The highest BCUT2D eigenvalue weighted by molar-refractivity contribution is 5.98. The summed E-state index contributed by atoms with van der Waals surface area (Å²) in [6, 6.07) is 29.6. The number of rotatable bonds is 1. The van der Waals surface area contributed by atoms with Gasteiger partial charge < -0.3 is 0 Å². The second kappa shape index (κ2) is 5.86. The highest BCUT2D eigenvalue weighted by Gasteiger charge is 2.37. The summed E-state index contributed by atoms with van der Waals surface area (Å²) in [6.45, 7) is 4.81. The predicted molar refractivity (Wildman–Crippen MR) is 130 cm³/mol. The third kappa shape index (κ3) is 2.25. The molecule has 148 valence electrons. The molecular weight excluding hydrogens is 372 g/mol. The van der Waals surface area contributed by atoms with E-state index in [0.29, 0.717) is 0 Å². The topological polar surface area (TPSA) is 0 Å². The first-order valence-electron chi connectivity index (χ1n) is 11.3. The smallest absolute Gasteiger partial charge is 0.0158 e. The molecule has 3 aliphatic rings. The summed E-state index contributed by atoms with van der Waals surface area (Å²) in [7, 11) is 0. The van der Waals surface area contributed by atoms with Crippen LogP contribution in [0.4, 0.5) is 0 Å². The van der Waals surface area contributed by atoms with Crippen LogP contribution in [-0.2, 0) is 18.3 Å². The Hall–Kier alpha value is -3.38. The van der Waals surface area contributed by atoms with Gasteiger partial charge in [0.05, 0.1) is 0 Å². The molecule has 0 heterocycles. The fraction of sp³-hybridized carbons (Fsp3) is 0.161. The Morgan fingerprint density at radius 3 is 2.03 bits per heavy atom. The Bertz CT molecular complexity index is 1450. The lowest BCUT2D eigenvalue weighted by Crippen LogP contribution is -2.17. The van der Waals surface area contributed by atoms with E-state index < -0.39 is 0 Å². The maximum absolute atomic E-state index is 2.49. The van der Waals surface area contributed by atoms with Crippen molar-refractivity contribution in [2.24, 2.45) is 0 Å². The maximum atomic E-state index is 2.49. The van der Waals surface area contributed by atoms with Crippen LogP contribution in [0.3, 0.4) is 0 Å². The van der Waals surface area contributed by atoms with E-state index in [9.17, 15) is 0 Å². The molecule has 0 spiro atoms. The van der Waals surface area contributed by atoms with Gasteiger partial charge in [-0.2, -0.15) is 0 Å². The van der Waals surface area contributed by atoms with Crippen LogP contribution in [-0.4, -0.2) is 0 Å². The number of fused-ring (bicyclic) bond motifs is 7. The molecule has 0 saturated carbocycles. The van der Waals surface area contributed by atoms with Gasteiger partial charge in [0.2, 0.25) is 0 Å². The minimum absolute atomic E-state index is 0.00301. The summed E-state index contributed by atoms with van der Waals surface area (Å²) in [5.74, 6) is 0. The summed E-state index contributed by atoms with van der Waals surface area (Å²) < 4.78 is 0. The van der Waals surface area contributed by atoms with E-state index in [1.807, 2.05) is 0 Å². The van der Waals surface area contributed by atoms with E-state index >= 15 is 0 Å². The minimum Gasteiger partial charge on any atom is -0.0619 e. The van der Waals surface area contributed by atoms with E-state index in [0.717, 1.165) is 12.8 Å². The van der Waals surface area contributed by atoms with Crippen LogP contribution >= 0.6 is 0 Å². The van der Waals surface area contributed by atoms with Gasteiger partial charge in [0.25, 0.3) is 0 Å². The van der Waals surface area contributed by atoms with Crippen LogP contribution in [0.1, 0.15) is 52.8 Å². The lowest BCUT2D eigenvalue weighted by molar-refractivity contribution is 0.702. The van der Waals surface area contributed by atoms with Crippen LogP contribution in [0.15, 0.2) is 78.9 Å². The second-order valence-corrected chi connectivity index (χ2v) is 9.78. The molecule has 0 aromatic heterocycles. The Morgan fingerprint density at radius 1 is 0.581 bits per heavy atom. The SMILES string of the molecule is CC1(C)C(c2cccc3c2Cc2ccccc2-3)=Cc2cc3c(cc21)Cc1ccccc1-3. The van der Waals surface area contributed by atoms with Crippen molar-refractivity contribution in [3.63, 3.8) is 0 Å². The van der Waals surface area contributed by atoms with Gasteiger partial charge >= 0.3 is 0 Å². The first kappa shape index (κ1) is 17.3. The molecule has 7 rings (SSSR count). The molecule has 4 aromatic rings. The van der Waals surface area contributed by atoms with Crippen LogP contribution < -0.4 is 0 Å². The Kier molecular flexibility index (Phi) is 3.27. The lowest BCUT2D eigenvalue weighted by atomic mass is 9.76. The van der Waals surface area contributed by atoms with E-state index in [-0.39, 0.29) is 5.41 Å². The van der Waals surface area contributed by atoms with Gasteiger partial charge in [-0.05, 0) is 91.8 Å². The summed E-state index contributed by atoms with van der Waals surface area (Å²) in [5, 5.41) is 0. The largest absolute Gasteiger partial charge is 0.0619 e. The predicted octanol–water partition coefficient (Wildman–Crippen LogP) is 7.66. The molecule has 3 aliphatic carbocycles. The second-order valence-electron chi connectivity index (χ2n) is 9.78. The van der Waals surface area contributed by atoms with Crippen molar-refractivity contribution in [1.29, 1.82) is 0 Å². The average Bonchev–Trinajstić information content (AvgIpc) is 3.42. The Morgan fingerprint density at radius 2 is 1.23 bits per heavy atom. The summed E-state index contributed by atoms with van der Waals surface area (Å²) in [6.07, 6.45) is 4.56. The third-order valence-corrected chi connectivity index (χ3v) is 7.75. The number of benzene rings is 4. The zero-order valence-electron chi connectivity index (χ0n) is 18.0.